The number of hydrogen-bond donors (Lipinski definition) is 1. The summed E-state index contributed by atoms with van der Waals surface area (Å²) in [5, 5.41) is 17.4. The summed E-state index contributed by atoms with van der Waals surface area (Å²) in [6, 6.07) is 15.8. The molecule has 0 aliphatic rings. The molecule has 6 nitrogen and oxygen atoms in total. The quantitative estimate of drug-likeness (QED) is 0.540. The van der Waals surface area contributed by atoms with E-state index in [-0.39, 0.29) is 5.95 Å². The fourth-order valence-corrected chi connectivity index (χ4v) is 2.82. The molecule has 0 spiro atoms. The summed E-state index contributed by atoms with van der Waals surface area (Å²) >= 11 is 3.43. The van der Waals surface area contributed by atoms with Crippen LogP contribution in [0.25, 0.3) is 22.1 Å². The third-order valence-corrected chi connectivity index (χ3v) is 3.91. The van der Waals surface area contributed by atoms with Crippen molar-refractivity contribution in [1.82, 2.24) is 20.2 Å². The summed E-state index contributed by atoms with van der Waals surface area (Å²) in [7, 11) is 0. The van der Waals surface area contributed by atoms with Crippen LogP contribution in [0, 0.1) is 0 Å². The molecule has 0 fully saturated rings. The number of fused-ring (bicyclic) bond motifs is 3. The van der Waals surface area contributed by atoms with Crippen molar-refractivity contribution in [3.05, 3.63) is 58.6 Å². The first kappa shape index (κ1) is 14.0. The van der Waals surface area contributed by atoms with Crippen LogP contribution in [-0.2, 0) is 6.54 Å². The van der Waals surface area contributed by atoms with Crippen LogP contribution in [0.3, 0.4) is 0 Å². The Balaban J connectivity index is 1.61. The largest absolute Gasteiger partial charge is 0.338 e. The first-order valence-corrected chi connectivity index (χ1v) is 7.82. The van der Waals surface area contributed by atoms with Crippen LogP contribution in [0.4, 0.5) is 5.95 Å². The SMILES string of the molecule is Brc1cccc(CN=Nc2nnc3c(n2)[nH]c2ccccc23)c1. The van der Waals surface area contributed by atoms with Gasteiger partial charge in [0.1, 0.15) is 5.52 Å². The van der Waals surface area contributed by atoms with E-state index in [1.807, 2.05) is 48.5 Å². The second-order valence-electron chi connectivity index (χ2n) is 5.01. The normalized spacial score (nSPS) is 11.7. The van der Waals surface area contributed by atoms with E-state index in [1.165, 1.54) is 0 Å². The van der Waals surface area contributed by atoms with Gasteiger partial charge in [-0.15, -0.1) is 15.3 Å². The van der Waals surface area contributed by atoms with Gasteiger partial charge in [-0.1, -0.05) is 46.3 Å². The number of aromatic amines is 1. The Hall–Kier alpha value is -2.67. The Morgan fingerprint density at radius 1 is 1.04 bits per heavy atom. The molecule has 2 aromatic carbocycles. The Morgan fingerprint density at radius 2 is 1.96 bits per heavy atom. The zero-order valence-electron chi connectivity index (χ0n) is 11.9. The van der Waals surface area contributed by atoms with E-state index < -0.39 is 0 Å². The van der Waals surface area contributed by atoms with Crippen molar-refractivity contribution in [3.63, 3.8) is 0 Å². The van der Waals surface area contributed by atoms with Gasteiger partial charge in [0, 0.05) is 15.4 Å². The van der Waals surface area contributed by atoms with Gasteiger partial charge in [0.15, 0.2) is 5.65 Å². The van der Waals surface area contributed by atoms with Crippen molar-refractivity contribution in [1.29, 1.82) is 0 Å². The monoisotopic (exact) mass is 366 g/mol. The van der Waals surface area contributed by atoms with E-state index >= 15 is 0 Å². The Morgan fingerprint density at radius 3 is 2.87 bits per heavy atom. The van der Waals surface area contributed by atoms with Crippen LogP contribution in [0.2, 0.25) is 0 Å². The lowest BCUT2D eigenvalue weighted by Gasteiger charge is -1.96. The minimum absolute atomic E-state index is 0.249. The lowest BCUT2D eigenvalue weighted by Crippen LogP contribution is -1.87. The fraction of sp³-hybridized carbons (Fsp3) is 0.0625. The van der Waals surface area contributed by atoms with Gasteiger partial charge in [-0.3, -0.25) is 0 Å². The number of benzene rings is 2. The van der Waals surface area contributed by atoms with Gasteiger partial charge in [0.05, 0.1) is 6.54 Å². The van der Waals surface area contributed by atoms with Gasteiger partial charge >= 0.3 is 0 Å². The Labute approximate surface area is 139 Å². The molecule has 0 saturated carbocycles. The zero-order valence-corrected chi connectivity index (χ0v) is 13.5. The molecule has 0 amide bonds. The highest BCUT2D eigenvalue weighted by atomic mass is 79.9. The summed E-state index contributed by atoms with van der Waals surface area (Å²) in [4.78, 5) is 7.57. The molecule has 0 unspecified atom stereocenters. The highest BCUT2D eigenvalue weighted by Gasteiger charge is 2.07. The zero-order chi connectivity index (χ0) is 15.6. The molecule has 112 valence electrons. The first-order chi connectivity index (χ1) is 11.3. The lowest BCUT2D eigenvalue weighted by molar-refractivity contribution is 0.903. The fourth-order valence-electron chi connectivity index (χ4n) is 2.37. The molecule has 0 atom stereocenters. The van der Waals surface area contributed by atoms with Gasteiger partial charge in [-0.2, -0.15) is 10.1 Å². The van der Waals surface area contributed by atoms with Crippen molar-refractivity contribution in [2.75, 3.05) is 0 Å². The minimum Gasteiger partial charge on any atom is -0.338 e. The minimum atomic E-state index is 0.249. The molecule has 0 aliphatic carbocycles. The van der Waals surface area contributed by atoms with Crippen molar-refractivity contribution in [3.8, 4) is 0 Å². The number of aromatic nitrogens is 4. The number of H-pyrrole nitrogens is 1. The van der Waals surface area contributed by atoms with Crippen molar-refractivity contribution in [2.45, 2.75) is 6.54 Å². The van der Waals surface area contributed by atoms with Gasteiger partial charge < -0.3 is 4.98 Å². The third kappa shape index (κ3) is 2.83. The Kier molecular flexibility index (Phi) is 3.55. The molecular formula is C16H11BrN6. The van der Waals surface area contributed by atoms with Crippen molar-refractivity contribution >= 4 is 43.9 Å². The van der Waals surface area contributed by atoms with Crippen LogP contribution >= 0.6 is 15.9 Å². The first-order valence-electron chi connectivity index (χ1n) is 7.03. The van der Waals surface area contributed by atoms with Crippen LogP contribution in [0.15, 0.2) is 63.2 Å². The predicted octanol–water partition coefficient (Wildman–Crippen LogP) is 4.55. The molecule has 2 aromatic heterocycles. The molecular weight excluding hydrogens is 356 g/mol. The number of halogens is 1. The van der Waals surface area contributed by atoms with E-state index in [2.05, 4.69) is 46.3 Å². The van der Waals surface area contributed by atoms with Crippen LogP contribution in [-0.4, -0.2) is 20.2 Å². The average Bonchev–Trinajstić information content (AvgIpc) is 2.92. The van der Waals surface area contributed by atoms with Crippen molar-refractivity contribution in [2.24, 2.45) is 10.2 Å². The van der Waals surface area contributed by atoms with Gasteiger partial charge in [0.25, 0.3) is 5.95 Å². The molecule has 0 saturated heterocycles. The van der Waals surface area contributed by atoms with E-state index in [0.29, 0.717) is 12.2 Å². The third-order valence-electron chi connectivity index (χ3n) is 3.41. The maximum Gasteiger partial charge on any atom is 0.289 e. The number of rotatable bonds is 3. The van der Waals surface area contributed by atoms with Gasteiger partial charge in [-0.05, 0) is 23.8 Å². The second-order valence-corrected chi connectivity index (χ2v) is 5.92. The highest BCUT2D eigenvalue weighted by Crippen LogP contribution is 2.22. The van der Waals surface area contributed by atoms with E-state index in [0.717, 1.165) is 26.5 Å². The number of nitrogens with one attached hydrogen (secondary N) is 1. The lowest BCUT2D eigenvalue weighted by atomic mass is 10.2. The Bertz CT molecular complexity index is 1020. The molecule has 0 radical (unpaired) electrons. The molecule has 7 heteroatoms. The summed E-state index contributed by atoms with van der Waals surface area (Å²) in [6.07, 6.45) is 0. The second kappa shape index (κ2) is 5.85. The number of nitrogens with zero attached hydrogens (tertiary/aromatic N) is 5. The molecule has 4 aromatic rings. The van der Waals surface area contributed by atoms with E-state index in [4.69, 9.17) is 0 Å². The molecule has 4 rings (SSSR count). The topological polar surface area (TPSA) is 79.2 Å². The molecule has 0 bridgehead atoms. The van der Waals surface area contributed by atoms with Crippen LogP contribution in [0.5, 0.6) is 0 Å². The van der Waals surface area contributed by atoms with E-state index in [9.17, 15) is 0 Å². The summed E-state index contributed by atoms with van der Waals surface area (Å²) < 4.78 is 1.02. The van der Waals surface area contributed by atoms with Crippen LogP contribution in [0.1, 0.15) is 5.56 Å². The highest BCUT2D eigenvalue weighted by molar-refractivity contribution is 9.10. The van der Waals surface area contributed by atoms with Crippen molar-refractivity contribution < 1.29 is 0 Å². The van der Waals surface area contributed by atoms with E-state index in [1.54, 1.807) is 0 Å². The summed E-state index contributed by atoms with van der Waals surface area (Å²) in [5.74, 6) is 0.249. The molecule has 23 heavy (non-hydrogen) atoms. The maximum absolute atomic E-state index is 4.36. The molecule has 2 heterocycles. The predicted molar refractivity (Wildman–Crippen MR) is 91.6 cm³/mol. The van der Waals surface area contributed by atoms with Gasteiger partial charge in [0.2, 0.25) is 0 Å². The number of hydrogen-bond acceptors (Lipinski definition) is 5. The van der Waals surface area contributed by atoms with Gasteiger partial charge in [-0.25, -0.2) is 0 Å². The summed E-state index contributed by atoms with van der Waals surface area (Å²) in [5.41, 5.74) is 3.44. The molecule has 0 aliphatic heterocycles. The number of para-hydroxylation sites is 1. The standard InChI is InChI=1S/C16H11BrN6/c17-11-5-3-4-10(8-11)9-18-22-16-20-15-14(21-23-16)12-6-1-2-7-13(12)19-15/h1-8H,9H2,(H,19,20,23). The summed E-state index contributed by atoms with van der Waals surface area (Å²) in [6.45, 7) is 0.466. The molecule has 1 N–H and O–H groups in total. The average molecular weight is 367 g/mol. The number of azo groups is 1. The maximum atomic E-state index is 4.36. The smallest absolute Gasteiger partial charge is 0.289 e. The van der Waals surface area contributed by atoms with Crippen LogP contribution < -0.4 is 0 Å².